The van der Waals surface area contributed by atoms with Crippen molar-refractivity contribution in [1.82, 2.24) is 9.78 Å². The number of hydrogen-bond donors (Lipinski definition) is 0. The molecule has 0 amide bonds. The van der Waals surface area contributed by atoms with Gasteiger partial charge in [0.2, 0.25) is 0 Å². The van der Waals surface area contributed by atoms with Crippen molar-refractivity contribution in [3.05, 3.63) is 65.4 Å². The SMILES string of the molecule is COc1cccc(-c2nn(-c3ccc(C(C)C)cc3)c3c2C(=O)C(C#N)C(C)(C)C3)c1. The van der Waals surface area contributed by atoms with Gasteiger partial charge in [0.15, 0.2) is 5.78 Å². The first-order valence-electron chi connectivity index (χ1n) is 10.6. The molecule has 1 unspecified atom stereocenters. The summed E-state index contributed by atoms with van der Waals surface area (Å²) in [7, 11) is 1.61. The van der Waals surface area contributed by atoms with Crippen LogP contribution in [0.25, 0.3) is 16.9 Å². The number of fused-ring (bicyclic) bond motifs is 1. The van der Waals surface area contributed by atoms with Crippen LogP contribution in [0.5, 0.6) is 5.75 Å². The maximum atomic E-state index is 13.5. The molecule has 2 aromatic carbocycles. The average Bonchev–Trinajstić information content (AvgIpc) is 3.12. The molecule has 0 spiro atoms. The van der Waals surface area contributed by atoms with Gasteiger partial charge in [0, 0.05) is 5.56 Å². The maximum Gasteiger partial charge on any atom is 0.184 e. The van der Waals surface area contributed by atoms with E-state index in [1.165, 1.54) is 5.56 Å². The summed E-state index contributed by atoms with van der Waals surface area (Å²) in [5, 5.41) is 14.7. The highest BCUT2D eigenvalue weighted by molar-refractivity contribution is 6.06. The number of methoxy groups -OCH3 is 1. The largest absolute Gasteiger partial charge is 0.497 e. The molecule has 158 valence electrons. The van der Waals surface area contributed by atoms with Gasteiger partial charge in [0.1, 0.15) is 17.4 Å². The number of aromatic nitrogens is 2. The van der Waals surface area contributed by atoms with Gasteiger partial charge >= 0.3 is 0 Å². The van der Waals surface area contributed by atoms with Gasteiger partial charge in [-0.2, -0.15) is 10.4 Å². The van der Waals surface area contributed by atoms with Gasteiger partial charge in [-0.05, 0) is 47.6 Å². The van der Waals surface area contributed by atoms with E-state index in [-0.39, 0.29) is 5.78 Å². The molecule has 1 aliphatic carbocycles. The summed E-state index contributed by atoms with van der Waals surface area (Å²) >= 11 is 0. The number of nitrogens with zero attached hydrogens (tertiary/aromatic N) is 3. The predicted molar refractivity (Wildman–Crippen MR) is 121 cm³/mol. The van der Waals surface area contributed by atoms with Crippen LogP contribution in [-0.2, 0) is 6.42 Å². The van der Waals surface area contributed by atoms with Gasteiger partial charge < -0.3 is 4.74 Å². The number of ether oxygens (including phenoxy) is 1. The number of rotatable bonds is 4. The summed E-state index contributed by atoms with van der Waals surface area (Å²) in [6, 6.07) is 18.1. The topological polar surface area (TPSA) is 67.9 Å². The molecule has 1 atom stereocenters. The lowest BCUT2D eigenvalue weighted by atomic mass is 9.67. The van der Waals surface area contributed by atoms with E-state index in [2.05, 4.69) is 32.0 Å². The zero-order chi connectivity index (χ0) is 22.3. The number of Topliss-reactive ketones (excluding diaryl/α,β-unsaturated/α-hetero) is 1. The molecule has 1 heterocycles. The van der Waals surface area contributed by atoms with Gasteiger partial charge in [-0.1, -0.05) is 52.0 Å². The van der Waals surface area contributed by atoms with E-state index < -0.39 is 11.3 Å². The van der Waals surface area contributed by atoms with Crippen molar-refractivity contribution in [3.63, 3.8) is 0 Å². The fourth-order valence-electron chi connectivity index (χ4n) is 4.33. The summed E-state index contributed by atoms with van der Waals surface area (Å²) < 4.78 is 7.25. The fourth-order valence-corrected chi connectivity index (χ4v) is 4.33. The Hall–Kier alpha value is -3.39. The smallest absolute Gasteiger partial charge is 0.184 e. The molecule has 3 aromatic rings. The average molecular weight is 414 g/mol. The number of carbonyl (C=O) groups is 1. The molecular weight excluding hydrogens is 386 g/mol. The minimum absolute atomic E-state index is 0.156. The minimum atomic E-state index is -0.703. The van der Waals surface area contributed by atoms with Crippen molar-refractivity contribution in [1.29, 1.82) is 5.26 Å². The quantitative estimate of drug-likeness (QED) is 0.560. The Morgan fingerprint density at radius 1 is 1.19 bits per heavy atom. The van der Waals surface area contributed by atoms with Gasteiger partial charge in [-0.15, -0.1) is 0 Å². The molecule has 0 radical (unpaired) electrons. The van der Waals surface area contributed by atoms with Crippen molar-refractivity contribution in [2.45, 2.75) is 40.0 Å². The fraction of sp³-hybridized carbons (Fsp3) is 0.346. The van der Waals surface area contributed by atoms with Crippen LogP contribution in [0.2, 0.25) is 0 Å². The number of nitriles is 1. The standard InChI is InChI=1S/C26H27N3O2/c1-16(2)17-9-11-19(12-10-17)29-22-14-26(3,4)21(15-27)25(30)23(22)24(28-29)18-7-6-8-20(13-18)31-5/h6-13,16,21H,14H2,1-5H3. The molecule has 0 N–H and O–H groups in total. The van der Waals surface area contributed by atoms with E-state index in [9.17, 15) is 10.1 Å². The second kappa shape index (κ2) is 7.70. The molecule has 4 rings (SSSR count). The van der Waals surface area contributed by atoms with Crippen LogP contribution in [0.1, 0.15) is 55.2 Å². The Morgan fingerprint density at radius 3 is 2.52 bits per heavy atom. The molecular formula is C26H27N3O2. The van der Waals surface area contributed by atoms with E-state index in [0.717, 1.165) is 16.9 Å². The zero-order valence-corrected chi connectivity index (χ0v) is 18.6. The lowest BCUT2D eigenvalue weighted by Gasteiger charge is -2.33. The van der Waals surface area contributed by atoms with E-state index in [4.69, 9.17) is 9.84 Å². The van der Waals surface area contributed by atoms with Gasteiger partial charge in [0.05, 0.1) is 30.1 Å². The molecule has 5 heteroatoms. The van der Waals surface area contributed by atoms with E-state index in [1.54, 1.807) is 7.11 Å². The third-order valence-electron chi connectivity index (χ3n) is 6.17. The van der Waals surface area contributed by atoms with Crippen molar-refractivity contribution in [2.75, 3.05) is 7.11 Å². The van der Waals surface area contributed by atoms with E-state index in [1.807, 2.05) is 54.9 Å². The highest BCUT2D eigenvalue weighted by atomic mass is 16.5. The molecule has 31 heavy (non-hydrogen) atoms. The van der Waals surface area contributed by atoms with Crippen LogP contribution in [0, 0.1) is 22.7 Å². The molecule has 5 nitrogen and oxygen atoms in total. The maximum absolute atomic E-state index is 13.5. The van der Waals surface area contributed by atoms with Crippen molar-refractivity contribution >= 4 is 5.78 Å². The molecule has 0 bridgehead atoms. The number of benzene rings is 2. The predicted octanol–water partition coefficient (Wildman–Crippen LogP) is 5.58. The molecule has 0 aliphatic heterocycles. The summed E-state index contributed by atoms with van der Waals surface area (Å²) in [5.41, 5.74) is 4.50. The van der Waals surface area contributed by atoms with Crippen molar-refractivity contribution in [3.8, 4) is 28.8 Å². The van der Waals surface area contributed by atoms with Crippen LogP contribution >= 0.6 is 0 Å². The van der Waals surface area contributed by atoms with Crippen LogP contribution in [0.15, 0.2) is 48.5 Å². The molecule has 0 fully saturated rings. The second-order valence-corrected chi connectivity index (χ2v) is 9.15. The normalized spacial score (nSPS) is 17.3. The highest BCUT2D eigenvalue weighted by Crippen LogP contribution is 2.43. The number of hydrogen-bond acceptors (Lipinski definition) is 4. The summed E-state index contributed by atoms with van der Waals surface area (Å²) in [6.45, 7) is 8.28. The van der Waals surface area contributed by atoms with Gasteiger partial charge in [-0.25, -0.2) is 4.68 Å². The molecule has 1 aromatic heterocycles. The second-order valence-electron chi connectivity index (χ2n) is 9.15. The Balaban J connectivity index is 1.95. The first kappa shape index (κ1) is 20.9. The minimum Gasteiger partial charge on any atom is -0.497 e. The first-order chi connectivity index (χ1) is 14.8. The van der Waals surface area contributed by atoms with Crippen molar-refractivity contribution in [2.24, 2.45) is 11.3 Å². The lowest BCUT2D eigenvalue weighted by molar-refractivity contribution is 0.0835. The Labute approximate surface area is 183 Å². The highest BCUT2D eigenvalue weighted by Gasteiger charge is 2.45. The Bertz CT molecular complexity index is 1180. The van der Waals surface area contributed by atoms with Crippen LogP contribution in [0.3, 0.4) is 0 Å². The van der Waals surface area contributed by atoms with Crippen molar-refractivity contribution < 1.29 is 9.53 Å². The third-order valence-corrected chi connectivity index (χ3v) is 6.17. The van der Waals surface area contributed by atoms with E-state index in [0.29, 0.717) is 29.3 Å². The Morgan fingerprint density at radius 2 is 1.90 bits per heavy atom. The van der Waals surface area contributed by atoms with Crippen LogP contribution in [0.4, 0.5) is 0 Å². The Kier molecular flexibility index (Phi) is 5.18. The van der Waals surface area contributed by atoms with Crippen LogP contribution < -0.4 is 4.74 Å². The van der Waals surface area contributed by atoms with Crippen LogP contribution in [-0.4, -0.2) is 22.7 Å². The lowest BCUT2D eigenvalue weighted by Crippen LogP contribution is -2.37. The molecule has 0 saturated carbocycles. The number of ketones is 1. The zero-order valence-electron chi connectivity index (χ0n) is 18.6. The first-order valence-corrected chi connectivity index (χ1v) is 10.6. The summed E-state index contributed by atoms with van der Waals surface area (Å²) in [4.78, 5) is 13.5. The van der Waals surface area contributed by atoms with E-state index >= 15 is 0 Å². The summed E-state index contributed by atoms with van der Waals surface area (Å²) in [5.74, 6) is 0.272. The van der Waals surface area contributed by atoms with Gasteiger partial charge in [0.25, 0.3) is 0 Å². The molecule has 1 aliphatic rings. The summed E-state index contributed by atoms with van der Waals surface area (Å²) in [6.07, 6.45) is 0.592. The number of carbonyl (C=O) groups excluding carboxylic acids is 1. The molecule has 0 saturated heterocycles. The monoisotopic (exact) mass is 413 g/mol. The van der Waals surface area contributed by atoms with Gasteiger partial charge in [-0.3, -0.25) is 4.79 Å². The third kappa shape index (κ3) is 3.53.